The average molecular weight is 344 g/mol. The van der Waals surface area contributed by atoms with Crippen LogP contribution in [0.1, 0.15) is 6.92 Å². The predicted molar refractivity (Wildman–Crippen MR) is 88.1 cm³/mol. The summed E-state index contributed by atoms with van der Waals surface area (Å²) in [5, 5.41) is 0. The highest BCUT2D eigenvalue weighted by Crippen LogP contribution is 2.36. The van der Waals surface area contributed by atoms with Gasteiger partial charge in [0.05, 0.1) is 6.61 Å². The maximum atomic E-state index is 13.2. The van der Waals surface area contributed by atoms with E-state index in [4.69, 9.17) is 4.74 Å². The summed E-state index contributed by atoms with van der Waals surface area (Å²) in [6.07, 6.45) is -4.55. The summed E-state index contributed by atoms with van der Waals surface area (Å²) in [5.41, 5.74) is 2.98. The van der Waals surface area contributed by atoms with E-state index in [9.17, 15) is 13.2 Å². The molecule has 120 valence electrons. The van der Waals surface area contributed by atoms with E-state index in [-0.39, 0.29) is 11.5 Å². The number of hydrogen-bond donors (Lipinski definition) is 0. The van der Waals surface area contributed by atoms with Crippen LogP contribution in [0.5, 0.6) is 0 Å². The maximum absolute atomic E-state index is 13.2. The Morgan fingerprint density at radius 3 is 2.23 bits per heavy atom. The molecule has 22 heavy (non-hydrogen) atoms. The Bertz CT molecular complexity index is 577. The van der Waals surface area contributed by atoms with Crippen molar-refractivity contribution in [2.45, 2.75) is 37.6 Å². The van der Waals surface area contributed by atoms with Gasteiger partial charge in [-0.15, -0.1) is 5.54 Å². The topological polar surface area (TPSA) is 9.23 Å². The van der Waals surface area contributed by atoms with E-state index in [0.717, 1.165) is 11.8 Å². The Hall–Kier alpha value is -1.32. The van der Waals surface area contributed by atoms with Gasteiger partial charge >= 0.3 is 6.18 Å². The molecular weight excluding hydrogens is 325 g/mol. The lowest BCUT2D eigenvalue weighted by molar-refractivity contribution is -0.130. The van der Waals surface area contributed by atoms with Crippen LogP contribution in [0.4, 0.5) is 13.2 Å². The Labute approximate surface area is 135 Å². The zero-order valence-electron chi connectivity index (χ0n) is 13.0. The largest absolute Gasteiger partial charge is 0.488 e. The Morgan fingerprint density at radius 1 is 1.18 bits per heavy atom. The number of halogens is 3. The molecule has 0 amide bonds. The highest BCUT2D eigenvalue weighted by molar-refractivity contribution is 8.03. The lowest BCUT2D eigenvalue weighted by Crippen LogP contribution is -2.18. The minimum atomic E-state index is -4.55. The van der Waals surface area contributed by atoms with Crippen LogP contribution in [0.3, 0.4) is 0 Å². The molecule has 0 unspecified atom stereocenters. The van der Waals surface area contributed by atoms with Crippen LogP contribution in [0.15, 0.2) is 45.9 Å². The van der Waals surface area contributed by atoms with Crippen molar-refractivity contribution in [3.63, 3.8) is 0 Å². The van der Waals surface area contributed by atoms with Gasteiger partial charge in [-0.2, -0.15) is 13.2 Å². The molecule has 0 aliphatic rings. The molecule has 1 rings (SSSR count). The molecule has 1 nitrogen and oxygen atoms in total. The number of alkyl halides is 3. The van der Waals surface area contributed by atoms with Crippen LogP contribution in [0.2, 0.25) is 19.6 Å². The van der Waals surface area contributed by atoms with Gasteiger partial charge in [0.1, 0.15) is 13.0 Å². The van der Waals surface area contributed by atoms with Gasteiger partial charge in [0, 0.05) is 4.90 Å². The van der Waals surface area contributed by atoms with Crippen LogP contribution in [-0.2, 0) is 4.74 Å². The number of allylic oxidation sites excluding steroid dienone is 2. The van der Waals surface area contributed by atoms with Crippen molar-refractivity contribution in [3.05, 3.63) is 41.0 Å². The molecule has 0 radical (unpaired) electrons. The molecule has 0 bridgehead atoms. The van der Waals surface area contributed by atoms with E-state index < -0.39 is 20.0 Å². The van der Waals surface area contributed by atoms with Gasteiger partial charge in [-0.05, 0) is 19.1 Å². The first-order valence-corrected chi connectivity index (χ1v) is 11.2. The van der Waals surface area contributed by atoms with Crippen LogP contribution in [0, 0.1) is 11.5 Å². The highest BCUT2D eigenvalue weighted by atomic mass is 32.2. The number of hydrogen-bond acceptors (Lipinski definition) is 2. The summed E-state index contributed by atoms with van der Waals surface area (Å²) < 4.78 is 44.5. The molecule has 0 aliphatic heterocycles. The zero-order valence-corrected chi connectivity index (χ0v) is 14.9. The van der Waals surface area contributed by atoms with Crippen molar-refractivity contribution in [2.75, 3.05) is 6.61 Å². The normalized spacial score (nSPS) is 13.0. The minimum Gasteiger partial charge on any atom is -0.488 e. The number of thioether (sulfide) groups is 1. The van der Waals surface area contributed by atoms with E-state index in [1.807, 2.05) is 25.7 Å². The fourth-order valence-electron chi connectivity index (χ4n) is 1.40. The second-order valence-corrected chi connectivity index (χ2v) is 11.3. The van der Waals surface area contributed by atoms with Crippen molar-refractivity contribution >= 4 is 19.8 Å². The first-order valence-electron chi connectivity index (χ1n) is 6.84. The average Bonchev–Trinajstić information content (AvgIpc) is 2.40. The van der Waals surface area contributed by atoms with Gasteiger partial charge in [0.2, 0.25) is 5.76 Å². The zero-order chi connectivity index (χ0) is 16.8. The lowest BCUT2D eigenvalue weighted by Gasteiger charge is -2.15. The van der Waals surface area contributed by atoms with Crippen LogP contribution in [-0.4, -0.2) is 20.9 Å². The Balaban J connectivity index is 3.32. The quantitative estimate of drug-likeness (QED) is 0.310. The van der Waals surface area contributed by atoms with E-state index in [2.05, 4.69) is 11.5 Å². The molecule has 1 aromatic rings. The first-order chi connectivity index (χ1) is 10.1. The number of ether oxygens (including phenoxy) is 1. The summed E-state index contributed by atoms with van der Waals surface area (Å²) in [6.45, 7) is 7.43. The molecular formula is C16H19F3OSSi. The van der Waals surface area contributed by atoms with Crippen molar-refractivity contribution in [1.82, 2.24) is 0 Å². The number of rotatable bonds is 4. The molecule has 0 N–H and O–H groups in total. The summed E-state index contributed by atoms with van der Waals surface area (Å²) >= 11 is 0.988. The molecule has 0 saturated heterocycles. The third-order valence-corrected chi connectivity index (χ3v) is 4.14. The smallest absolute Gasteiger partial charge is 0.450 e. The maximum Gasteiger partial charge on any atom is 0.450 e. The molecule has 0 spiro atoms. The second kappa shape index (κ2) is 7.79. The Kier molecular flexibility index (Phi) is 6.63. The molecule has 0 fully saturated rings. The van der Waals surface area contributed by atoms with Crippen LogP contribution >= 0.6 is 11.8 Å². The van der Waals surface area contributed by atoms with Gasteiger partial charge in [0.15, 0.2) is 0 Å². The van der Waals surface area contributed by atoms with Gasteiger partial charge in [-0.25, -0.2) is 0 Å². The second-order valence-electron chi connectivity index (χ2n) is 5.50. The monoisotopic (exact) mass is 344 g/mol. The van der Waals surface area contributed by atoms with Crippen LogP contribution in [0.25, 0.3) is 0 Å². The van der Waals surface area contributed by atoms with Gasteiger partial charge in [0.25, 0.3) is 0 Å². The molecule has 1 aromatic carbocycles. The lowest BCUT2D eigenvalue weighted by atomic mass is 10.4. The fraction of sp³-hybridized carbons (Fsp3) is 0.375. The van der Waals surface area contributed by atoms with Crippen molar-refractivity contribution in [2.24, 2.45) is 0 Å². The first kappa shape index (κ1) is 18.7. The highest BCUT2D eigenvalue weighted by Gasteiger charge is 2.38. The molecule has 0 aromatic heterocycles. The van der Waals surface area contributed by atoms with E-state index >= 15 is 0 Å². The predicted octanol–water partition coefficient (Wildman–Crippen LogP) is 5.47. The molecule has 0 atom stereocenters. The molecule has 0 heterocycles. The van der Waals surface area contributed by atoms with Crippen molar-refractivity contribution in [1.29, 1.82) is 0 Å². The van der Waals surface area contributed by atoms with Crippen LogP contribution < -0.4 is 0 Å². The van der Waals surface area contributed by atoms with Gasteiger partial charge in [-0.3, -0.25) is 0 Å². The Morgan fingerprint density at radius 2 is 1.77 bits per heavy atom. The number of benzene rings is 1. The van der Waals surface area contributed by atoms with E-state index in [1.165, 1.54) is 6.92 Å². The third kappa shape index (κ3) is 6.63. The SMILES string of the molecule is CCO/C(=C(\C#C[Si](C)(C)C)Sc1ccccc1)C(F)(F)F. The summed E-state index contributed by atoms with van der Waals surface area (Å²) in [5.74, 6) is 1.70. The molecule has 6 heteroatoms. The van der Waals surface area contributed by atoms with Gasteiger partial charge < -0.3 is 4.74 Å². The fourth-order valence-corrected chi connectivity index (χ4v) is 2.89. The van der Waals surface area contributed by atoms with Crippen molar-refractivity contribution in [3.8, 4) is 11.5 Å². The summed E-state index contributed by atoms with van der Waals surface area (Å²) in [7, 11) is -1.80. The summed E-state index contributed by atoms with van der Waals surface area (Å²) in [4.78, 5) is 0.617. The standard InChI is InChI=1S/C16H19F3OSSi/c1-5-20-15(16(17,18)19)14(11-12-22(2,3)4)21-13-9-7-6-8-10-13/h6-10H,5H2,1-4H3/b15-14+. The third-order valence-electron chi connectivity index (χ3n) is 2.27. The molecule has 0 aliphatic carbocycles. The van der Waals surface area contributed by atoms with Crippen molar-refractivity contribution < 1.29 is 17.9 Å². The summed E-state index contributed by atoms with van der Waals surface area (Å²) in [6, 6.07) is 8.87. The van der Waals surface area contributed by atoms with Gasteiger partial charge in [-0.1, -0.05) is 55.5 Å². The van der Waals surface area contributed by atoms with E-state index in [1.54, 1.807) is 24.3 Å². The minimum absolute atomic E-state index is 0.0533. The van der Waals surface area contributed by atoms with E-state index in [0.29, 0.717) is 4.90 Å². The molecule has 0 saturated carbocycles.